The first-order chi connectivity index (χ1) is 13.4. The Kier molecular flexibility index (Phi) is 4.22. The minimum Gasteiger partial charge on any atom is -0.496 e. The van der Waals surface area contributed by atoms with E-state index in [1.165, 1.54) is 44.5 Å². The van der Waals surface area contributed by atoms with Gasteiger partial charge in [0.15, 0.2) is 0 Å². The van der Waals surface area contributed by atoms with Crippen molar-refractivity contribution in [2.75, 3.05) is 14.2 Å². The summed E-state index contributed by atoms with van der Waals surface area (Å²) < 4.78 is 12.2. The fourth-order valence-corrected chi connectivity index (χ4v) is 6.54. The summed E-state index contributed by atoms with van der Waals surface area (Å²) in [5, 5.41) is 0. The summed E-state index contributed by atoms with van der Waals surface area (Å²) in [6.07, 6.45) is 2.17. The summed E-state index contributed by atoms with van der Waals surface area (Å²) in [4.78, 5) is 0. The van der Waals surface area contributed by atoms with Crippen LogP contribution in [0.25, 0.3) is 0 Å². The SMILES string of the molecule is COc1c(C)c(C)cc2c1C1(CC2(C)C)CC(C)(C)c2cc(C)c(C)c(OC)c21. The molecule has 0 amide bonds. The second kappa shape index (κ2) is 6.03. The Balaban J connectivity index is 2.19. The average molecular weight is 393 g/mol. The monoisotopic (exact) mass is 392 g/mol. The lowest BCUT2D eigenvalue weighted by Gasteiger charge is -2.33. The van der Waals surface area contributed by atoms with Crippen molar-refractivity contribution in [3.63, 3.8) is 0 Å². The molecule has 0 N–H and O–H groups in total. The van der Waals surface area contributed by atoms with Gasteiger partial charge in [0.1, 0.15) is 11.5 Å². The summed E-state index contributed by atoms with van der Waals surface area (Å²) in [5.41, 5.74) is 10.9. The zero-order valence-corrected chi connectivity index (χ0v) is 19.9. The molecule has 0 saturated carbocycles. The van der Waals surface area contributed by atoms with Crippen LogP contribution in [0, 0.1) is 27.7 Å². The fourth-order valence-electron chi connectivity index (χ4n) is 6.54. The second-order valence-corrected chi connectivity index (χ2v) is 10.8. The second-order valence-electron chi connectivity index (χ2n) is 10.8. The van der Waals surface area contributed by atoms with Crippen LogP contribution in [0.3, 0.4) is 0 Å². The van der Waals surface area contributed by atoms with Crippen molar-refractivity contribution in [1.29, 1.82) is 0 Å². The van der Waals surface area contributed by atoms with Crippen molar-refractivity contribution < 1.29 is 9.47 Å². The van der Waals surface area contributed by atoms with E-state index in [1.807, 2.05) is 14.2 Å². The van der Waals surface area contributed by atoms with Crippen molar-refractivity contribution in [2.45, 2.75) is 84.5 Å². The van der Waals surface area contributed by atoms with Gasteiger partial charge in [-0.3, -0.25) is 0 Å². The molecule has 0 saturated heterocycles. The molecule has 0 unspecified atom stereocenters. The highest BCUT2D eigenvalue weighted by Gasteiger charge is 2.59. The number of fused-ring (bicyclic) bond motifs is 4. The van der Waals surface area contributed by atoms with E-state index in [1.54, 1.807) is 0 Å². The molecule has 0 fully saturated rings. The molecule has 2 aromatic rings. The van der Waals surface area contributed by atoms with Gasteiger partial charge in [-0.05, 0) is 84.7 Å². The number of hydrogen-bond donors (Lipinski definition) is 0. The standard InChI is InChI=1S/C27H36O2/c1-15-11-19-21(23(28-9)17(15)3)27(13-25(19,5)6)14-26(7,8)20-12-16(2)18(4)24(29-10)22(20)27/h11-12H,13-14H2,1-10H3. The first kappa shape index (κ1) is 20.3. The van der Waals surface area contributed by atoms with E-state index in [0.29, 0.717) is 0 Å². The molecule has 2 nitrogen and oxygen atoms in total. The van der Waals surface area contributed by atoms with Crippen LogP contribution in [-0.2, 0) is 16.2 Å². The molecule has 29 heavy (non-hydrogen) atoms. The van der Waals surface area contributed by atoms with Gasteiger partial charge in [0.25, 0.3) is 0 Å². The molecule has 0 heterocycles. The highest BCUT2D eigenvalue weighted by atomic mass is 16.5. The highest BCUT2D eigenvalue weighted by Crippen LogP contribution is 2.67. The van der Waals surface area contributed by atoms with Crippen LogP contribution in [0.4, 0.5) is 0 Å². The molecule has 2 aliphatic carbocycles. The predicted molar refractivity (Wildman–Crippen MR) is 121 cm³/mol. The molecular formula is C27H36O2. The Morgan fingerprint density at radius 3 is 1.31 bits per heavy atom. The van der Waals surface area contributed by atoms with Crippen molar-refractivity contribution in [3.05, 3.63) is 56.6 Å². The Hall–Kier alpha value is -1.96. The quantitative estimate of drug-likeness (QED) is 0.574. The zero-order valence-electron chi connectivity index (χ0n) is 19.9. The molecule has 0 aromatic heterocycles. The van der Waals surface area contributed by atoms with Gasteiger partial charge in [-0.2, -0.15) is 0 Å². The van der Waals surface area contributed by atoms with Crippen molar-refractivity contribution in [2.24, 2.45) is 0 Å². The zero-order chi connectivity index (χ0) is 21.5. The molecular weight excluding hydrogens is 356 g/mol. The molecule has 156 valence electrons. The molecule has 0 atom stereocenters. The van der Waals surface area contributed by atoms with Gasteiger partial charge in [-0.15, -0.1) is 0 Å². The molecule has 1 spiro atoms. The van der Waals surface area contributed by atoms with E-state index in [-0.39, 0.29) is 16.2 Å². The molecule has 2 aliphatic rings. The Labute approximate surface area is 176 Å². The average Bonchev–Trinajstić information content (AvgIpc) is 2.97. The topological polar surface area (TPSA) is 18.5 Å². The number of ether oxygens (including phenoxy) is 2. The summed E-state index contributed by atoms with van der Waals surface area (Å²) in [6, 6.07) is 4.83. The summed E-state index contributed by atoms with van der Waals surface area (Å²) in [7, 11) is 3.67. The normalized spacial score (nSPS) is 19.9. The molecule has 0 aliphatic heterocycles. The van der Waals surface area contributed by atoms with Crippen molar-refractivity contribution in [3.8, 4) is 11.5 Å². The third-order valence-corrected chi connectivity index (χ3v) is 7.89. The maximum Gasteiger partial charge on any atom is 0.126 e. The Morgan fingerprint density at radius 2 is 1.00 bits per heavy atom. The van der Waals surface area contributed by atoms with Gasteiger partial charge in [-0.1, -0.05) is 39.8 Å². The minimum atomic E-state index is -0.0781. The van der Waals surface area contributed by atoms with Crippen LogP contribution in [-0.4, -0.2) is 14.2 Å². The van der Waals surface area contributed by atoms with Crippen LogP contribution in [0.2, 0.25) is 0 Å². The van der Waals surface area contributed by atoms with Crippen molar-refractivity contribution in [1.82, 2.24) is 0 Å². The number of aryl methyl sites for hydroxylation is 2. The van der Waals surface area contributed by atoms with E-state index in [9.17, 15) is 0 Å². The molecule has 2 heteroatoms. The van der Waals surface area contributed by atoms with Gasteiger partial charge < -0.3 is 9.47 Å². The molecule has 0 bridgehead atoms. The van der Waals surface area contributed by atoms with E-state index in [0.717, 1.165) is 24.3 Å². The highest BCUT2D eigenvalue weighted by molar-refractivity contribution is 5.70. The molecule has 0 radical (unpaired) electrons. The minimum absolute atomic E-state index is 0.0781. The fraction of sp³-hybridized carbons (Fsp3) is 0.556. The number of hydrogen-bond acceptors (Lipinski definition) is 2. The first-order valence-electron chi connectivity index (χ1n) is 10.8. The molecule has 4 rings (SSSR count). The number of rotatable bonds is 2. The smallest absolute Gasteiger partial charge is 0.126 e. The van der Waals surface area contributed by atoms with Crippen LogP contribution in [0.15, 0.2) is 12.1 Å². The van der Waals surface area contributed by atoms with Gasteiger partial charge in [0, 0.05) is 16.5 Å². The third kappa shape index (κ3) is 2.47. The summed E-state index contributed by atoms with van der Waals surface area (Å²) >= 11 is 0. The number of methoxy groups -OCH3 is 2. The maximum atomic E-state index is 6.12. The first-order valence-corrected chi connectivity index (χ1v) is 10.8. The summed E-state index contributed by atoms with van der Waals surface area (Å²) in [6.45, 7) is 18.4. The van der Waals surface area contributed by atoms with Gasteiger partial charge in [0.05, 0.1) is 14.2 Å². The Bertz CT molecular complexity index is 940. The lowest BCUT2D eigenvalue weighted by atomic mass is 9.71. The van der Waals surface area contributed by atoms with E-state index < -0.39 is 0 Å². The van der Waals surface area contributed by atoms with Crippen LogP contribution >= 0.6 is 0 Å². The van der Waals surface area contributed by atoms with E-state index >= 15 is 0 Å². The largest absolute Gasteiger partial charge is 0.496 e. The number of benzene rings is 2. The van der Waals surface area contributed by atoms with Gasteiger partial charge in [-0.25, -0.2) is 0 Å². The van der Waals surface area contributed by atoms with Crippen LogP contribution < -0.4 is 9.47 Å². The van der Waals surface area contributed by atoms with E-state index in [4.69, 9.17) is 9.47 Å². The maximum absolute atomic E-state index is 6.12. The van der Waals surface area contributed by atoms with Crippen LogP contribution in [0.5, 0.6) is 11.5 Å². The van der Waals surface area contributed by atoms with Gasteiger partial charge in [0.2, 0.25) is 0 Å². The lowest BCUT2D eigenvalue weighted by molar-refractivity contribution is 0.328. The van der Waals surface area contributed by atoms with Gasteiger partial charge >= 0.3 is 0 Å². The lowest BCUT2D eigenvalue weighted by Crippen LogP contribution is -2.28. The Morgan fingerprint density at radius 1 is 0.655 bits per heavy atom. The molecule has 2 aromatic carbocycles. The van der Waals surface area contributed by atoms with Crippen LogP contribution in [0.1, 0.15) is 85.0 Å². The predicted octanol–water partition coefficient (Wildman–Crippen LogP) is 6.59. The van der Waals surface area contributed by atoms with Crippen molar-refractivity contribution >= 4 is 0 Å². The summed E-state index contributed by atoms with van der Waals surface area (Å²) in [5.74, 6) is 2.16. The third-order valence-electron chi connectivity index (χ3n) is 7.89. The van der Waals surface area contributed by atoms with E-state index in [2.05, 4.69) is 67.5 Å².